The second kappa shape index (κ2) is 24.8. The number of anilines is 3. The molecule has 2 aliphatic heterocycles. The van der Waals surface area contributed by atoms with Crippen LogP contribution in [0, 0.1) is 5.92 Å². The third-order valence-electron chi connectivity index (χ3n) is 12.7. The maximum absolute atomic E-state index is 13.1. The Hall–Kier alpha value is -6.64. The quantitative estimate of drug-likeness (QED) is 0.0626. The molecule has 6 N–H and O–H groups in total. The minimum Gasteiger partial charge on any atom is -0.445 e. The maximum Gasteiger partial charge on any atom is 0.410 e. The van der Waals surface area contributed by atoms with Gasteiger partial charge >= 0.3 is 6.09 Å². The number of amides is 6. The lowest BCUT2D eigenvalue weighted by Gasteiger charge is -2.38. The molecule has 0 bridgehead atoms. The molecule has 6 rings (SSSR count). The molecule has 1 fully saturated rings. The van der Waals surface area contributed by atoms with Crippen LogP contribution in [0.3, 0.4) is 0 Å². The molecule has 0 spiro atoms. The lowest BCUT2D eigenvalue weighted by Crippen LogP contribution is -2.53. The first-order valence-electron chi connectivity index (χ1n) is 24.1. The topological polar surface area (TPSA) is 245 Å². The van der Waals surface area contributed by atoms with Crippen LogP contribution in [0.15, 0.2) is 72.0 Å². The highest BCUT2D eigenvalue weighted by atomic mass is 16.6. The number of ether oxygens (including phenoxy) is 3. The number of carbonyl (C=O) groups excluding carboxylic acids is 6. The van der Waals surface area contributed by atoms with Gasteiger partial charge in [0, 0.05) is 89.8 Å². The highest BCUT2D eigenvalue weighted by molar-refractivity contribution is 6.12. The SMILES string of the molecule is CCCCCNc1nc(N)nc2ccn(CC3=CC=C(CN4CCN(C(=O)OCc5ccc(NC(=O)[C@H](C)NC(=O)[C@@H](NC(=O)CCOCCN6C(=O)C=CC6=O)C(C)C)cc5)CC4)CC3(C)OC)c12. The number of hydrogen-bond acceptors (Lipinski definition) is 14. The highest BCUT2D eigenvalue weighted by Crippen LogP contribution is 2.35. The van der Waals surface area contributed by atoms with E-state index in [0.29, 0.717) is 38.4 Å². The van der Waals surface area contributed by atoms with Crippen LogP contribution in [0.4, 0.5) is 22.2 Å². The van der Waals surface area contributed by atoms with Crippen molar-refractivity contribution in [1.82, 2.24) is 39.9 Å². The Labute approximate surface area is 409 Å². The summed E-state index contributed by atoms with van der Waals surface area (Å²) < 4.78 is 19.4. The molecule has 1 unspecified atom stereocenters. The summed E-state index contributed by atoms with van der Waals surface area (Å²) in [5, 5.41) is 11.6. The summed E-state index contributed by atoms with van der Waals surface area (Å²) in [5.74, 6) is -1.53. The van der Waals surface area contributed by atoms with Gasteiger partial charge in [0.05, 0.1) is 30.9 Å². The molecule has 20 nitrogen and oxygen atoms in total. The van der Waals surface area contributed by atoms with E-state index in [1.807, 2.05) is 12.3 Å². The number of nitrogen functional groups attached to an aromatic ring is 1. The van der Waals surface area contributed by atoms with Gasteiger partial charge in [0.15, 0.2) is 5.82 Å². The standard InChI is InChI=1S/C50H69N11O9/c1-7-8-9-20-52-45-44-39(55-48(51)57-45)18-21-60(44)31-37-13-10-36(29-50(37,5)68-6)30-58-22-24-59(25-23-58)49(67)70-32-35-11-14-38(15-12-35)54-46(65)34(4)53-47(66)43(33(2)3)56-40(62)19-27-69-28-26-61-41(63)16-17-42(61)64/h10-18,21,33-34,43H,7-9,19-20,22-32H2,1-6H3,(H,53,66)(H,54,65)(H,56,62)(H3,51,52,55,57)/t34-,43-,50?/m0/s1. The summed E-state index contributed by atoms with van der Waals surface area (Å²) in [5.41, 5.74) is 10.9. The van der Waals surface area contributed by atoms with Crippen molar-refractivity contribution in [2.75, 3.05) is 82.5 Å². The van der Waals surface area contributed by atoms with E-state index in [2.05, 4.69) is 66.7 Å². The van der Waals surface area contributed by atoms with Gasteiger partial charge in [0.25, 0.3) is 11.8 Å². The van der Waals surface area contributed by atoms with Gasteiger partial charge in [-0.05, 0) is 55.5 Å². The number of rotatable bonds is 24. The van der Waals surface area contributed by atoms with Gasteiger partial charge in [-0.1, -0.05) is 63.5 Å². The van der Waals surface area contributed by atoms with Crippen LogP contribution in [0.2, 0.25) is 0 Å². The van der Waals surface area contributed by atoms with E-state index in [-0.39, 0.29) is 44.7 Å². The van der Waals surface area contributed by atoms with Gasteiger partial charge in [0.1, 0.15) is 24.2 Å². The number of allylic oxidation sites excluding steroid dienone is 2. The number of methoxy groups -OCH3 is 1. The van der Waals surface area contributed by atoms with E-state index in [9.17, 15) is 28.8 Å². The molecule has 6 amide bonds. The molecule has 0 radical (unpaired) electrons. The molecule has 378 valence electrons. The number of carbonyl (C=O) groups is 6. The molecule has 3 aromatic rings. The third kappa shape index (κ3) is 14.2. The fourth-order valence-corrected chi connectivity index (χ4v) is 8.45. The smallest absolute Gasteiger partial charge is 0.410 e. The average molecular weight is 968 g/mol. The van der Waals surface area contributed by atoms with E-state index in [4.69, 9.17) is 19.9 Å². The average Bonchev–Trinajstić information content (AvgIpc) is 3.89. The fourth-order valence-electron chi connectivity index (χ4n) is 8.45. The molecule has 20 heteroatoms. The van der Waals surface area contributed by atoms with E-state index in [0.717, 1.165) is 71.7 Å². The lowest BCUT2D eigenvalue weighted by molar-refractivity contribution is -0.138. The second-order valence-corrected chi connectivity index (χ2v) is 18.4. The molecule has 1 saturated heterocycles. The van der Waals surface area contributed by atoms with Crippen LogP contribution in [0.1, 0.15) is 72.3 Å². The summed E-state index contributed by atoms with van der Waals surface area (Å²) in [6, 6.07) is 7.02. The number of piperazine rings is 1. The number of nitrogens with one attached hydrogen (secondary N) is 4. The van der Waals surface area contributed by atoms with Crippen molar-refractivity contribution in [3.63, 3.8) is 0 Å². The number of nitrogens with zero attached hydrogens (tertiary/aromatic N) is 6. The minimum absolute atomic E-state index is 0.0253. The van der Waals surface area contributed by atoms with Crippen LogP contribution < -0.4 is 27.0 Å². The summed E-state index contributed by atoms with van der Waals surface area (Å²) in [6.45, 7) is 14.3. The fraction of sp³-hybridized carbons (Fsp3) is 0.520. The van der Waals surface area contributed by atoms with Crippen LogP contribution >= 0.6 is 0 Å². The second-order valence-electron chi connectivity index (χ2n) is 18.4. The van der Waals surface area contributed by atoms with E-state index >= 15 is 0 Å². The van der Waals surface area contributed by atoms with E-state index in [1.165, 1.54) is 17.7 Å². The summed E-state index contributed by atoms with van der Waals surface area (Å²) in [7, 11) is 1.75. The first-order chi connectivity index (χ1) is 33.6. The van der Waals surface area contributed by atoms with E-state index < -0.39 is 53.3 Å². The zero-order chi connectivity index (χ0) is 50.4. The number of aromatic nitrogens is 3. The van der Waals surface area contributed by atoms with Crippen molar-refractivity contribution in [2.45, 2.75) is 97.6 Å². The normalized spacial score (nSPS) is 18.2. The molecule has 0 saturated carbocycles. The molecule has 70 heavy (non-hydrogen) atoms. The molecule has 1 aliphatic carbocycles. The number of imide groups is 1. The maximum atomic E-state index is 13.1. The Balaban J connectivity index is 0.900. The summed E-state index contributed by atoms with van der Waals surface area (Å²) in [4.78, 5) is 89.3. The molecule has 1 aromatic carbocycles. The minimum atomic E-state index is -0.925. The van der Waals surface area contributed by atoms with Crippen LogP contribution in [-0.4, -0.2) is 149 Å². The van der Waals surface area contributed by atoms with Crippen molar-refractivity contribution in [1.29, 1.82) is 0 Å². The molecule has 3 atom stereocenters. The monoisotopic (exact) mass is 968 g/mol. The Kier molecular flexibility index (Phi) is 18.7. The van der Waals surface area contributed by atoms with Crippen LogP contribution in [0.5, 0.6) is 0 Å². The van der Waals surface area contributed by atoms with Gasteiger partial charge in [-0.2, -0.15) is 4.98 Å². The number of hydrogen-bond donors (Lipinski definition) is 5. The Bertz CT molecular complexity index is 2420. The molecule has 4 heterocycles. The molecule has 2 aromatic heterocycles. The van der Waals surface area contributed by atoms with Crippen molar-refractivity contribution in [3.05, 3.63) is 77.5 Å². The first kappa shape index (κ1) is 52.7. The number of fused-ring (bicyclic) bond motifs is 1. The predicted molar refractivity (Wildman–Crippen MR) is 265 cm³/mol. The van der Waals surface area contributed by atoms with Gasteiger partial charge in [0.2, 0.25) is 23.7 Å². The van der Waals surface area contributed by atoms with Gasteiger partial charge in [-0.3, -0.25) is 33.8 Å². The highest BCUT2D eigenvalue weighted by Gasteiger charge is 2.34. The van der Waals surface area contributed by atoms with Crippen LogP contribution in [-0.2, 0) is 51.3 Å². The van der Waals surface area contributed by atoms with Crippen molar-refractivity contribution >= 4 is 64.1 Å². The Morgan fingerprint density at radius 1 is 0.886 bits per heavy atom. The number of unbranched alkanes of at least 4 members (excludes halogenated alkanes) is 2. The molecular weight excluding hydrogens is 899 g/mol. The predicted octanol–water partition coefficient (Wildman–Crippen LogP) is 4.15. The van der Waals surface area contributed by atoms with Crippen molar-refractivity contribution < 1.29 is 43.0 Å². The van der Waals surface area contributed by atoms with E-state index in [1.54, 1.807) is 57.0 Å². The Morgan fingerprint density at radius 3 is 2.30 bits per heavy atom. The summed E-state index contributed by atoms with van der Waals surface area (Å²) >= 11 is 0. The lowest BCUT2D eigenvalue weighted by atomic mass is 9.83. The van der Waals surface area contributed by atoms with Gasteiger partial charge in [-0.15, -0.1) is 0 Å². The first-order valence-corrected chi connectivity index (χ1v) is 24.1. The van der Waals surface area contributed by atoms with Crippen molar-refractivity contribution in [2.24, 2.45) is 5.92 Å². The van der Waals surface area contributed by atoms with Crippen LogP contribution in [0.25, 0.3) is 11.0 Å². The van der Waals surface area contributed by atoms with Gasteiger partial charge in [-0.25, -0.2) is 9.78 Å². The molecular formula is C50H69N11O9. The number of benzene rings is 1. The molecule has 3 aliphatic rings. The zero-order valence-corrected chi connectivity index (χ0v) is 41.3. The number of nitrogens with two attached hydrogens (primary N) is 1. The van der Waals surface area contributed by atoms with Crippen molar-refractivity contribution in [3.8, 4) is 0 Å². The van der Waals surface area contributed by atoms with Gasteiger partial charge < -0.3 is 50.7 Å². The Morgan fingerprint density at radius 2 is 1.61 bits per heavy atom. The zero-order valence-electron chi connectivity index (χ0n) is 41.3. The third-order valence-corrected chi connectivity index (χ3v) is 12.7. The summed E-state index contributed by atoms with van der Waals surface area (Å²) in [6.07, 6.45) is 12.4. The largest absolute Gasteiger partial charge is 0.445 e.